The number of hydrogen-bond acceptors (Lipinski definition) is 4. The zero-order chi connectivity index (χ0) is 13.4. The van der Waals surface area contributed by atoms with Gasteiger partial charge >= 0.3 is 0 Å². The van der Waals surface area contributed by atoms with Crippen LogP contribution in [-0.4, -0.2) is 29.1 Å². The summed E-state index contributed by atoms with van der Waals surface area (Å²) in [5.41, 5.74) is 1.06. The number of benzene rings is 1. The Balaban J connectivity index is 2.01. The first kappa shape index (κ1) is 12.4. The molecule has 96 valence electrons. The quantitative estimate of drug-likeness (QED) is 0.787. The fraction of sp³-hybridized carbons (Fsp3) is 0.429. The van der Waals surface area contributed by atoms with Crippen molar-refractivity contribution in [3.8, 4) is 12.1 Å². The van der Waals surface area contributed by atoms with Gasteiger partial charge in [-0.05, 0) is 24.1 Å². The molecule has 0 aromatic heterocycles. The summed E-state index contributed by atoms with van der Waals surface area (Å²) in [4.78, 5) is 0. The fourth-order valence-electron chi connectivity index (χ4n) is 3.12. The number of fused-ring (bicyclic) bond motifs is 1. The van der Waals surface area contributed by atoms with Crippen molar-refractivity contribution in [3.63, 3.8) is 0 Å². The van der Waals surface area contributed by atoms with Crippen LogP contribution in [0.5, 0.6) is 0 Å². The van der Waals surface area contributed by atoms with Crippen LogP contribution >= 0.6 is 11.6 Å². The van der Waals surface area contributed by atoms with Gasteiger partial charge in [-0.25, -0.2) is 10.0 Å². The van der Waals surface area contributed by atoms with Crippen molar-refractivity contribution in [1.29, 1.82) is 10.5 Å². The second kappa shape index (κ2) is 4.83. The molecule has 5 heteroatoms. The molecule has 4 nitrogen and oxygen atoms in total. The van der Waals surface area contributed by atoms with Gasteiger partial charge in [0.05, 0.1) is 24.1 Å². The molecule has 1 aromatic rings. The summed E-state index contributed by atoms with van der Waals surface area (Å²) in [7, 11) is 0. The minimum Gasteiger partial charge on any atom is -0.232 e. The van der Waals surface area contributed by atoms with E-state index in [4.69, 9.17) is 11.6 Å². The lowest BCUT2D eigenvalue weighted by atomic mass is 9.90. The molecule has 2 aliphatic heterocycles. The van der Waals surface area contributed by atoms with Crippen LogP contribution in [0.15, 0.2) is 24.3 Å². The van der Waals surface area contributed by atoms with E-state index in [1.807, 2.05) is 29.3 Å². The van der Waals surface area contributed by atoms with Gasteiger partial charge in [0, 0.05) is 18.1 Å². The van der Waals surface area contributed by atoms with Crippen LogP contribution in [-0.2, 0) is 0 Å². The molecular formula is C14H13ClN4. The SMILES string of the molecule is N#C[C@H]1[C@@H](c2ccc(Cl)cc2)N2CCCN2[C@H]1C#N. The molecule has 2 saturated heterocycles. The smallest absolute Gasteiger partial charge is 0.129 e. The van der Waals surface area contributed by atoms with Crippen LogP contribution < -0.4 is 0 Å². The highest BCUT2D eigenvalue weighted by Gasteiger charge is 2.50. The lowest BCUT2D eigenvalue weighted by molar-refractivity contribution is 0.0383. The molecule has 0 N–H and O–H groups in total. The summed E-state index contributed by atoms with van der Waals surface area (Å²) in [6, 6.07) is 11.8. The molecule has 0 unspecified atom stereocenters. The van der Waals surface area contributed by atoms with E-state index in [0.717, 1.165) is 25.1 Å². The third-order valence-corrected chi connectivity index (χ3v) is 4.17. The molecule has 0 aliphatic carbocycles. The highest BCUT2D eigenvalue weighted by atomic mass is 35.5. The van der Waals surface area contributed by atoms with Crippen molar-refractivity contribution in [2.45, 2.75) is 18.5 Å². The molecule has 0 amide bonds. The first-order valence-electron chi connectivity index (χ1n) is 6.34. The minimum atomic E-state index is -0.340. The number of rotatable bonds is 1. The normalized spacial score (nSPS) is 30.8. The van der Waals surface area contributed by atoms with E-state index in [2.05, 4.69) is 17.1 Å². The molecule has 0 radical (unpaired) electrons. The summed E-state index contributed by atoms with van der Waals surface area (Å²) in [5, 5.41) is 23.7. The number of hydrazine groups is 1. The summed E-state index contributed by atoms with van der Waals surface area (Å²) < 4.78 is 0. The molecule has 0 saturated carbocycles. The molecule has 0 spiro atoms. The van der Waals surface area contributed by atoms with Crippen LogP contribution in [0.25, 0.3) is 0 Å². The van der Waals surface area contributed by atoms with E-state index in [1.54, 1.807) is 0 Å². The van der Waals surface area contributed by atoms with E-state index in [0.29, 0.717) is 5.02 Å². The maximum Gasteiger partial charge on any atom is 0.129 e. The number of hydrogen-bond donors (Lipinski definition) is 0. The van der Waals surface area contributed by atoms with Crippen LogP contribution in [0.3, 0.4) is 0 Å². The predicted octanol–water partition coefficient (Wildman–Crippen LogP) is 2.35. The van der Waals surface area contributed by atoms with E-state index >= 15 is 0 Å². The van der Waals surface area contributed by atoms with E-state index < -0.39 is 0 Å². The van der Waals surface area contributed by atoms with Gasteiger partial charge in [-0.15, -0.1) is 0 Å². The standard InChI is InChI=1S/C14H13ClN4/c15-11-4-2-10(3-5-11)14-12(8-16)13(9-17)18-6-1-7-19(14)18/h2-5,12-14H,1,6-7H2/t12-,13+,14-/m1/s1. The Morgan fingerprint density at radius 3 is 2.37 bits per heavy atom. The van der Waals surface area contributed by atoms with Gasteiger partial charge < -0.3 is 0 Å². The van der Waals surface area contributed by atoms with Crippen LogP contribution in [0.2, 0.25) is 5.02 Å². The van der Waals surface area contributed by atoms with Gasteiger partial charge in [0.15, 0.2) is 0 Å². The van der Waals surface area contributed by atoms with Gasteiger partial charge in [0.25, 0.3) is 0 Å². The van der Waals surface area contributed by atoms with Gasteiger partial charge in [0.1, 0.15) is 6.04 Å². The molecule has 2 heterocycles. The first-order valence-corrected chi connectivity index (χ1v) is 6.72. The Hall–Kier alpha value is -1.59. The van der Waals surface area contributed by atoms with Crippen molar-refractivity contribution < 1.29 is 0 Å². The van der Waals surface area contributed by atoms with Gasteiger partial charge in [-0.1, -0.05) is 23.7 Å². The van der Waals surface area contributed by atoms with Gasteiger partial charge in [0.2, 0.25) is 0 Å². The average Bonchev–Trinajstić information content (AvgIpc) is 2.98. The lowest BCUT2D eigenvalue weighted by Crippen LogP contribution is -2.35. The maximum absolute atomic E-state index is 9.43. The molecule has 2 fully saturated rings. The number of nitrogens with zero attached hydrogens (tertiary/aromatic N) is 4. The highest BCUT2D eigenvalue weighted by Crippen LogP contribution is 2.43. The van der Waals surface area contributed by atoms with Crippen molar-refractivity contribution in [2.75, 3.05) is 13.1 Å². The van der Waals surface area contributed by atoms with Crippen molar-refractivity contribution >= 4 is 11.6 Å². The van der Waals surface area contributed by atoms with Crippen molar-refractivity contribution in [3.05, 3.63) is 34.9 Å². The average molecular weight is 273 g/mol. The topological polar surface area (TPSA) is 54.1 Å². The number of nitriles is 2. The summed E-state index contributed by atoms with van der Waals surface area (Å²) >= 11 is 5.91. The Bertz CT molecular complexity index is 556. The van der Waals surface area contributed by atoms with E-state index in [9.17, 15) is 10.5 Å². The van der Waals surface area contributed by atoms with Crippen molar-refractivity contribution in [2.24, 2.45) is 5.92 Å². The van der Waals surface area contributed by atoms with Gasteiger partial charge in [-0.3, -0.25) is 0 Å². The Kier molecular flexibility index (Phi) is 3.16. The Labute approximate surface area is 117 Å². The van der Waals surface area contributed by atoms with Crippen LogP contribution in [0, 0.1) is 28.6 Å². The molecule has 3 rings (SSSR count). The van der Waals surface area contributed by atoms with E-state index in [-0.39, 0.29) is 18.0 Å². The third-order valence-electron chi connectivity index (χ3n) is 3.92. The predicted molar refractivity (Wildman–Crippen MR) is 70.7 cm³/mol. The minimum absolute atomic E-state index is 0.0329. The summed E-state index contributed by atoms with van der Waals surface area (Å²) in [6.45, 7) is 1.77. The molecule has 2 aliphatic rings. The zero-order valence-electron chi connectivity index (χ0n) is 10.3. The summed E-state index contributed by atoms with van der Waals surface area (Å²) in [6.07, 6.45) is 1.04. The fourth-order valence-corrected chi connectivity index (χ4v) is 3.25. The molecule has 19 heavy (non-hydrogen) atoms. The zero-order valence-corrected chi connectivity index (χ0v) is 11.1. The maximum atomic E-state index is 9.43. The molecular weight excluding hydrogens is 260 g/mol. The number of halogens is 1. The van der Waals surface area contributed by atoms with E-state index in [1.165, 1.54) is 0 Å². The lowest BCUT2D eigenvalue weighted by Gasteiger charge is -2.25. The second-order valence-corrected chi connectivity index (χ2v) is 5.34. The van der Waals surface area contributed by atoms with Crippen LogP contribution in [0.4, 0.5) is 0 Å². The Morgan fingerprint density at radius 2 is 1.74 bits per heavy atom. The highest BCUT2D eigenvalue weighted by molar-refractivity contribution is 6.30. The van der Waals surface area contributed by atoms with Crippen molar-refractivity contribution in [1.82, 2.24) is 10.0 Å². The first-order chi connectivity index (χ1) is 9.26. The molecule has 1 aromatic carbocycles. The second-order valence-electron chi connectivity index (χ2n) is 4.90. The van der Waals surface area contributed by atoms with Gasteiger partial charge in [-0.2, -0.15) is 10.5 Å². The largest absolute Gasteiger partial charge is 0.232 e. The monoisotopic (exact) mass is 272 g/mol. The third kappa shape index (κ3) is 1.89. The molecule has 3 atom stereocenters. The van der Waals surface area contributed by atoms with Crippen LogP contribution in [0.1, 0.15) is 18.0 Å². The summed E-state index contributed by atoms with van der Waals surface area (Å²) in [5.74, 6) is -0.313. The Morgan fingerprint density at radius 1 is 1.05 bits per heavy atom. The molecule has 0 bridgehead atoms.